The summed E-state index contributed by atoms with van der Waals surface area (Å²) in [4.78, 5) is 17.3. The minimum Gasteiger partial charge on any atom is -0.335 e. The van der Waals surface area contributed by atoms with E-state index in [2.05, 4.69) is 0 Å². The molecule has 3 fully saturated rings. The number of hydrogen-bond donors (Lipinski definition) is 0. The van der Waals surface area contributed by atoms with Gasteiger partial charge >= 0.3 is 0 Å². The number of nitrogens with zero attached hydrogens (tertiary/aromatic N) is 2. The Morgan fingerprint density at radius 3 is 2.38 bits per heavy atom. The van der Waals surface area contributed by atoms with Crippen molar-refractivity contribution in [1.29, 1.82) is 0 Å². The molecular weight excluding hydrogens is 415 g/mol. The molecule has 0 radical (unpaired) electrons. The van der Waals surface area contributed by atoms with E-state index < -0.39 is 9.84 Å². The Hall–Kier alpha value is -1.18. The molecule has 0 bridgehead atoms. The maximum Gasteiger partial charge on any atom is 0.237 e. The maximum atomic E-state index is 14.3. The van der Waals surface area contributed by atoms with E-state index in [1.165, 1.54) is 6.07 Å². The Balaban J connectivity index is 1.52. The molecule has 2 aliphatic carbocycles. The van der Waals surface area contributed by atoms with Gasteiger partial charge in [-0.05, 0) is 44.2 Å². The highest BCUT2D eigenvalue weighted by molar-refractivity contribution is 7.91. The molecule has 1 atom stereocenters. The highest BCUT2D eigenvalue weighted by Crippen LogP contribution is 2.33. The number of halogens is 2. The molecule has 1 heterocycles. The second-order valence-corrected chi connectivity index (χ2v) is 11.3. The largest absolute Gasteiger partial charge is 0.335 e. The summed E-state index contributed by atoms with van der Waals surface area (Å²) < 4.78 is 38.4. The first-order valence-corrected chi connectivity index (χ1v) is 12.7. The fourth-order valence-corrected chi connectivity index (χ4v) is 6.71. The minimum absolute atomic E-state index is 0.0293. The van der Waals surface area contributed by atoms with Gasteiger partial charge in [0, 0.05) is 35.3 Å². The summed E-state index contributed by atoms with van der Waals surface area (Å²) in [6.07, 6.45) is 6.51. The van der Waals surface area contributed by atoms with Crippen molar-refractivity contribution in [3.63, 3.8) is 0 Å². The lowest BCUT2D eigenvalue weighted by atomic mass is 10.1. The smallest absolute Gasteiger partial charge is 0.237 e. The van der Waals surface area contributed by atoms with Gasteiger partial charge in [0.25, 0.3) is 0 Å². The van der Waals surface area contributed by atoms with Gasteiger partial charge in [-0.1, -0.05) is 30.5 Å². The molecule has 0 spiro atoms. The lowest BCUT2D eigenvalue weighted by Gasteiger charge is -2.36. The van der Waals surface area contributed by atoms with Crippen molar-refractivity contribution in [2.75, 3.05) is 18.1 Å². The van der Waals surface area contributed by atoms with Crippen LogP contribution in [0.1, 0.15) is 50.5 Å². The molecule has 1 aromatic rings. The van der Waals surface area contributed by atoms with Crippen molar-refractivity contribution < 1.29 is 17.6 Å². The van der Waals surface area contributed by atoms with Gasteiger partial charge in [-0.3, -0.25) is 9.69 Å². The second kappa shape index (κ2) is 8.52. The van der Waals surface area contributed by atoms with E-state index in [9.17, 15) is 17.6 Å². The molecular formula is C21H28ClFN2O3S. The Morgan fingerprint density at radius 1 is 1.07 bits per heavy atom. The number of carbonyl (C=O) groups is 1. The molecule has 29 heavy (non-hydrogen) atoms. The van der Waals surface area contributed by atoms with Crippen LogP contribution >= 0.6 is 11.6 Å². The molecule has 160 valence electrons. The van der Waals surface area contributed by atoms with E-state index in [0.29, 0.717) is 23.6 Å². The number of sulfone groups is 1. The number of rotatable bonds is 7. The van der Waals surface area contributed by atoms with Gasteiger partial charge in [0.2, 0.25) is 5.91 Å². The van der Waals surface area contributed by atoms with Gasteiger partial charge in [0.05, 0.1) is 18.1 Å². The zero-order valence-corrected chi connectivity index (χ0v) is 18.1. The molecule has 2 saturated carbocycles. The molecule has 1 unspecified atom stereocenters. The van der Waals surface area contributed by atoms with Crippen molar-refractivity contribution in [3.05, 3.63) is 34.6 Å². The number of carbonyl (C=O) groups excluding carboxylic acids is 1. The SMILES string of the molecule is O=C(CN(Cc1c(F)cccc1Cl)C1CC1)N(C1CCCC1)C1CCS(=O)(=O)C1. The van der Waals surface area contributed by atoms with Crippen LogP contribution in [0.15, 0.2) is 18.2 Å². The first kappa shape index (κ1) is 21.1. The topological polar surface area (TPSA) is 57.7 Å². The van der Waals surface area contributed by atoms with Crippen molar-refractivity contribution in [3.8, 4) is 0 Å². The zero-order valence-electron chi connectivity index (χ0n) is 16.5. The van der Waals surface area contributed by atoms with Crippen LogP contribution in [-0.2, 0) is 21.2 Å². The van der Waals surface area contributed by atoms with Gasteiger partial charge in [-0.25, -0.2) is 12.8 Å². The summed E-state index contributed by atoms with van der Waals surface area (Å²) in [6, 6.07) is 4.79. The lowest BCUT2D eigenvalue weighted by molar-refractivity contribution is -0.137. The highest BCUT2D eigenvalue weighted by Gasteiger charge is 2.40. The summed E-state index contributed by atoms with van der Waals surface area (Å²) >= 11 is 6.21. The fraction of sp³-hybridized carbons (Fsp3) is 0.667. The first-order chi connectivity index (χ1) is 13.8. The Bertz CT molecular complexity index is 848. The van der Waals surface area contributed by atoms with Crippen LogP contribution in [0.3, 0.4) is 0 Å². The van der Waals surface area contributed by atoms with Crippen LogP contribution in [0.4, 0.5) is 4.39 Å². The molecule has 1 aliphatic heterocycles. The molecule has 8 heteroatoms. The fourth-order valence-electron chi connectivity index (χ4n) is 4.78. The summed E-state index contributed by atoms with van der Waals surface area (Å²) in [5.41, 5.74) is 0.421. The predicted octanol–water partition coefficient (Wildman–Crippen LogP) is 3.40. The van der Waals surface area contributed by atoms with E-state index in [4.69, 9.17) is 11.6 Å². The number of benzene rings is 1. The van der Waals surface area contributed by atoms with Crippen molar-refractivity contribution in [1.82, 2.24) is 9.80 Å². The van der Waals surface area contributed by atoms with E-state index in [1.54, 1.807) is 12.1 Å². The van der Waals surface area contributed by atoms with E-state index in [-0.39, 0.29) is 47.9 Å². The van der Waals surface area contributed by atoms with Gasteiger partial charge in [0.15, 0.2) is 9.84 Å². The van der Waals surface area contributed by atoms with Gasteiger partial charge < -0.3 is 4.90 Å². The van der Waals surface area contributed by atoms with Crippen LogP contribution in [0.5, 0.6) is 0 Å². The molecule has 0 aromatic heterocycles. The summed E-state index contributed by atoms with van der Waals surface area (Å²) in [5, 5.41) is 0.373. The Kier molecular flexibility index (Phi) is 6.19. The van der Waals surface area contributed by atoms with Crippen LogP contribution in [-0.4, -0.2) is 60.3 Å². The summed E-state index contributed by atoms with van der Waals surface area (Å²) in [5.74, 6) is -0.160. The molecule has 4 rings (SSSR count). The van der Waals surface area contributed by atoms with E-state index in [0.717, 1.165) is 38.5 Å². The molecule has 3 aliphatic rings. The monoisotopic (exact) mass is 442 g/mol. The molecule has 1 saturated heterocycles. The normalized spacial score (nSPS) is 24.3. The van der Waals surface area contributed by atoms with Crippen molar-refractivity contribution in [2.45, 2.75) is 69.6 Å². The van der Waals surface area contributed by atoms with Crippen LogP contribution in [0.2, 0.25) is 5.02 Å². The zero-order chi connectivity index (χ0) is 20.6. The van der Waals surface area contributed by atoms with Gasteiger partial charge in [-0.2, -0.15) is 0 Å². The second-order valence-electron chi connectivity index (χ2n) is 8.63. The first-order valence-electron chi connectivity index (χ1n) is 10.5. The van der Waals surface area contributed by atoms with Crippen molar-refractivity contribution >= 4 is 27.3 Å². The van der Waals surface area contributed by atoms with Crippen LogP contribution < -0.4 is 0 Å². The molecule has 0 N–H and O–H groups in total. The lowest BCUT2D eigenvalue weighted by Crippen LogP contribution is -2.51. The minimum atomic E-state index is -3.07. The van der Waals surface area contributed by atoms with Gasteiger partial charge in [-0.15, -0.1) is 0 Å². The maximum absolute atomic E-state index is 14.3. The standard InChI is InChI=1S/C21H28ClFN2O3S/c22-19-6-3-7-20(23)18(19)12-24(15-8-9-15)13-21(26)25(16-4-1-2-5-16)17-10-11-29(27,28)14-17/h3,6-7,15-17H,1-2,4-5,8-14H2. The average Bonchev–Trinajstić information content (AvgIpc) is 3.26. The highest BCUT2D eigenvalue weighted by atomic mass is 35.5. The quantitative estimate of drug-likeness (QED) is 0.649. The Morgan fingerprint density at radius 2 is 1.79 bits per heavy atom. The molecule has 5 nitrogen and oxygen atoms in total. The Labute approximate surface area is 177 Å². The molecule has 1 amide bonds. The molecule has 1 aromatic carbocycles. The third-order valence-electron chi connectivity index (χ3n) is 6.43. The van der Waals surface area contributed by atoms with Crippen molar-refractivity contribution in [2.24, 2.45) is 0 Å². The number of hydrogen-bond acceptors (Lipinski definition) is 4. The van der Waals surface area contributed by atoms with E-state index in [1.807, 2.05) is 9.80 Å². The van der Waals surface area contributed by atoms with Crippen LogP contribution in [0.25, 0.3) is 0 Å². The van der Waals surface area contributed by atoms with Gasteiger partial charge in [0.1, 0.15) is 5.82 Å². The predicted molar refractivity (Wildman–Crippen MR) is 111 cm³/mol. The average molecular weight is 443 g/mol. The summed E-state index contributed by atoms with van der Waals surface area (Å²) in [6.45, 7) is 0.478. The third kappa shape index (κ3) is 4.94. The third-order valence-corrected chi connectivity index (χ3v) is 8.54. The van der Waals surface area contributed by atoms with Crippen LogP contribution in [0, 0.1) is 5.82 Å². The number of amides is 1. The summed E-state index contributed by atoms with van der Waals surface area (Å²) in [7, 11) is -3.07. The van der Waals surface area contributed by atoms with E-state index >= 15 is 0 Å².